The molecular formula is C23H25F3N4O4. The standard InChI is InChI=1S/C23H25F3N4O4/c1-5-34-22(33)18-14(3)27-15(4)28-19(18)21(32)29-10-11-30(13(2)12-29)20(31)16-6-8-17(9-7-16)23(24,25)26/h6-9,13H,5,10-12H2,1-4H3. The van der Waals surface area contributed by atoms with Crippen molar-refractivity contribution in [1.82, 2.24) is 19.8 Å². The average molecular weight is 478 g/mol. The van der Waals surface area contributed by atoms with Crippen LogP contribution in [0, 0.1) is 13.8 Å². The van der Waals surface area contributed by atoms with Crippen molar-refractivity contribution in [3.63, 3.8) is 0 Å². The monoisotopic (exact) mass is 478 g/mol. The first-order chi connectivity index (χ1) is 15.9. The minimum absolute atomic E-state index is 0.00774. The van der Waals surface area contributed by atoms with Crippen molar-refractivity contribution < 1.29 is 32.3 Å². The molecule has 0 radical (unpaired) electrons. The van der Waals surface area contributed by atoms with Gasteiger partial charge in [0.1, 0.15) is 17.1 Å². The highest BCUT2D eigenvalue weighted by Gasteiger charge is 2.35. The van der Waals surface area contributed by atoms with Crippen LogP contribution in [-0.2, 0) is 10.9 Å². The van der Waals surface area contributed by atoms with Gasteiger partial charge in [-0.25, -0.2) is 14.8 Å². The normalized spacial score (nSPS) is 16.4. The molecule has 1 atom stereocenters. The number of aromatic nitrogens is 2. The van der Waals surface area contributed by atoms with Crippen LogP contribution >= 0.6 is 0 Å². The summed E-state index contributed by atoms with van der Waals surface area (Å²) in [6.45, 7) is 7.23. The van der Waals surface area contributed by atoms with Crippen molar-refractivity contribution >= 4 is 17.8 Å². The maximum absolute atomic E-state index is 13.3. The van der Waals surface area contributed by atoms with Crippen LogP contribution in [0.1, 0.15) is 62.1 Å². The van der Waals surface area contributed by atoms with Gasteiger partial charge < -0.3 is 14.5 Å². The minimum atomic E-state index is -4.49. The third-order valence-corrected chi connectivity index (χ3v) is 5.52. The van der Waals surface area contributed by atoms with E-state index < -0.39 is 35.6 Å². The second kappa shape index (κ2) is 9.78. The smallest absolute Gasteiger partial charge is 0.416 e. The van der Waals surface area contributed by atoms with Gasteiger partial charge in [-0.05, 0) is 52.0 Å². The lowest BCUT2D eigenvalue weighted by atomic mass is 10.1. The van der Waals surface area contributed by atoms with Gasteiger partial charge in [0.15, 0.2) is 0 Å². The molecule has 0 bridgehead atoms. The first kappa shape index (κ1) is 25.1. The molecule has 2 aromatic rings. The van der Waals surface area contributed by atoms with E-state index in [4.69, 9.17) is 4.74 Å². The van der Waals surface area contributed by atoms with Crippen LogP contribution in [0.5, 0.6) is 0 Å². The fourth-order valence-electron chi connectivity index (χ4n) is 3.88. The highest BCUT2D eigenvalue weighted by molar-refractivity contribution is 6.04. The van der Waals surface area contributed by atoms with Crippen LogP contribution in [0.25, 0.3) is 0 Å². The van der Waals surface area contributed by atoms with Crippen molar-refractivity contribution in [1.29, 1.82) is 0 Å². The van der Waals surface area contributed by atoms with E-state index in [1.807, 2.05) is 0 Å². The van der Waals surface area contributed by atoms with E-state index in [0.717, 1.165) is 24.3 Å². The van der Waals surface area contributed by atoms with Gasteiger partial charge in [0, 0.05) is 31.2 Å². The molecule has 1 saturated heterocycles. The van der Waals surface area contributed by atoms with Crippen LogP contribution in [-0.4, -0.2) is 69.8 Å². The van der Waals surface area contributed by atoms with Crippen LogP contribution < -0.4 is 0 Å². The van der Waals surface area contributed by atoms with Gasteiger partial charge in [0.05, 0.1) is 17.9 Å². The van der Waals surface area contributed by atoms with Crippen LogP contribution in [0.4, 0.5) is 13.2 Å². The molecule has 1 aromatic carbocycles. The largest absolute Gasteiger partial charge is 0.462 e. The Balaban J connectivity index is 1.78. The van der Waals surface area contributed by atoms with E-state index in [-0.39, 0.29) is 43.1 Å². The first-order valence-corrected chi connectivity index (χ1v) is 10.7. The van der Waals surface area contributed by atoms with Gasteiger partial charge in [-0.3, -0.25) is 9.59 Å². The number of nitrogens with zero attached hydrogens (tertiary/aromatic N) is 4. The highest BCUT2D eigenvalue weighted by atomic mass is 19.4. The molecule has 1 fully saturated rings. The zero-order valence-corrected chi connectivity index (χ0v) is 19.3. The van der Waals surface area contributed by atoms with E-state index in [1.54, 1.807) is 27.7 Å². The Morgan fingerprint density at radius 1 is 1.06 bits per heavy atom. The lowest BCUT2D eigenvalue weighted by Gasteiger charge is -2.40. The summed E-state index contributed by atoms with van der Waals surface area (Å²) in [4.78, 5) is 50.0. The Bertz CT molecular complexity index is 1100. The number of carbonyl (C=O) groups excluding carboxylic acids is 3. The number of amides is 2. The summed E-state index contributed by atoms with van der Waals surface area (Å²) in [5, 5.41) is 0. The van der Waals surface area contributed by atoms with Gasteiger partial charge in [0.25, 0.3) is 11.8 Å². The topological polar surface area (TPSA) is 92.7 Å². The SMILES string of the molecule is CCOC(=O)c1c(C)nc(C)nc1C(=O)N1CCN(C(=O)c2ccc(C(F)(F)F)cc2)C(C)C1. The number of benzene rings is 1. The third kappa shape index (κ3) is 5.18. The number of halogens is 3. The number of hydrogen-bond donors (Lipinski definition) is 0. The van der Waals surface area contributed by atoms with E-state index in [0.29, 0.717) is 11.5 Å². The van der Waals surface area contributed by atoms with E-state index >= 15 is 0 Å². The van der Waals surface area contributed by atoms with Gasteiger partial charge in [-0.2, -0.15) is 13.2 Å². The number of piperazine rings is 1. The van der Waals surface area contributed by atoms with Crippen molar-refractivity contribution in [3.05, 3.63) is 58.2 Å². The second-order valence-corrected chi connectivity index (χ2v) is 7.97. The molecule has 3 rings (SSSR count). The summed E-state index contributed by atoms with van der Waals surface area (Å²) in [5.41, 5.74) is -0.420. The maximum atomic E-state index is 13.3. The van der Waals surface area contributed by atoms with E-state index in [1.165, 1.54) is 9.80 Å². The summed E-state index contributed by atoms with van der Waals surface area (Å²) >= 11 is 0. The number of aryl methyl sites for hydroxylation is 2. The molecule has 1 unspecified atom stereocenters. The predicted molar refractivity (Wildman–Crippen MR) is 115 cm³/mol. The zero-order chi connectivity index (χ0) is 25.2. The summed E-state index contributed by atoms with van der Waals surface area (Å²) in [6, 6.07) is 3.62. The molecule has 0 aliphatic carbocycles. The third-order valence-electron chi connectivity index (χ3n) is 5.52. The van der Waals surface area contributed by atoms with Crippen molar-refractivity contribution in [3.8, 4) is 0 Å². The molecule has 2 heterocycles. The number of ether oxygens (including phenoxy) is 1. The van der Waals surface area contributed by atoms with Gasteiger partial charge >= 0.3 is 12.1 Å². The van der Waals surface area contributed by atoms with Crippen LogP contribution in [0.15, 0.2) is 24.3 Å². The lowest BCUT2D eigenvalue weighted by molar-refractivity contribution is -0.137. The molecule has 0 spiro atoms. The molecule has 1 aromatic heterocycles. The zero-order valence-electron chi connectivity index (χ0n) is 19.3. The first-order valence-electron chi connectivity index (χ1n) is 10.7. The van der Waals surface area contributed by atoms with Gasteiger partial charge in [0.2, 0.25) is 0 Å². The van der Waals surface area contributed by atoms with Crippen LogP contribution in [0.3, 0.4) is 0 Å². The summed E-state index contributed by atoms with van der Waals surface area (Å²) in [5.74, 6) is -1.26. The molecule has 8 nitrogen and oxygen atoms in total. The van der Waals surface area contributed by atoms with Crippen molar-refractivity contribution in [2.75, 3.05) is 26.2 Å². The van der Waals surface area contributed by atoms with E-state index in [9.17, 15) is 27.6 Å². The quantitative estimate of drug-likeness (QED) is 0.627. The van der Waals surface area contributed by atoms with E-state index in [2.05, 4.69) is 9.97 Å². The number of rotatable bonds is 4. The average Bonchev–Trinajstić information content (AvgIpc) is 2.77. The van der Waals surface area contributed by atoms with Crippen LogP contribution in [0.2, 0.25) is 0 Å². The van der Waals surface area contributed by atoms with Gasteiger partial charge in [-0.15, -0.1) is 0 Å². The number of carbonyl (C=O) groups is 3. The molecule has 11 heteroatoms. The van der Waals surface area contributed by atoms with Crippen molar-refractivity contribution in [2.45, 2.75) is 39.9 Å². The highest BCUT2D eigenvalue weighted by Crippen LogP contribution is 2.29. The summed E-state index contributed by atoms with van der Waals surface area (Å²) in [7, 11) is 0. The molecule has 0 saturated carbocycles. The molecule has 182 valence electrons. The number of esters is 1. The molecule has 1 aliphatic heterocycles. The molecule has 0 N–H and O–H groups in total. The Kier molecular flexibility index (Phi) is 7.23. The Labute approximate surface area is 194 Å². The maximum Gasteiger partial charge on any atom is 0.416 e. The molecule has 1 aliphatic rings. The van der Waals surface area contributed by atoms with Gasteiger partial charge in [-0.1, -0.05) is 0 Å². The summed E-state index contributed by atoms with van der Waals surface area (Å²) < 4.78 is 43.5. The molecule has 34 heavy (non-hydrogen) atoms. The minimum Gasteiger partial charge on any atom is -0.462 e. The Morgan fingerprint density at radius 3 is 2.26 bits per heavy atom. The van der Waals surface area contributed by atoms with Crippen molar-refractivity contribution in [2.24, 2.45) is 0 Å². The lowest BCUT2D eigenvalue weighted by Crippen LogP contribution is -2.55. The fourth-order valence-corrected chi connectivity index (χ4v) is 3.88. The fraction of sp³-hybridized carbons (Fsp3) is 0.435. The Morgan fingerprint density at radius 2 is 1.71 bits per heavy atom. The molecular weight excluding hydrogens is 453 g/mol. The number of alkyl halides is 3. The predicted octanol–water partition coefficient (Wildman–Crippen LogP) is 3.28. The Hall–Kier alpha value is -3.50. The second-order valence-electron chi connectivity index (χ2n) is 7.97. The number of hydrogen-bond acceptors (Lipinski definition) is 6. The summed E-state index contributed by atoms with van der Waals surface area (Å²) in [6.07, 6.45) is -4.49. The molecule has 2 amide bonds.